The molecule has 3 amide bonds. The van der Waals surface area contributed by atoms with Gasteiger partial charge < -0.3 is 20.6 Å². The third kappa shape index (κ3) is 6.77. The number of aromatic nitrogens is 7. The van der Waals surface area contributed by atoms with Crippen LogP contribution in [0.5, 0.6) is 0 Å². The maximum Gasteiger partial charge on any atom is 0.416 e. The lowest BCUT2D eigenvalue weighted by molar-refractivity contribution is -0.207. The van der Waals surface area contributed by atoms with Gasteiger partial charge in [0.05, 0.1) is 30.0 Å². The number of benzene rings is 1. The molecule has 15 nitrogen and oxygen atoms in total. The monoisotopic (exact) mass is 692 g/mol. The topological polar surface area (TPSA) is 182 Å². The van der Waals surface area contributed by atoms with E-state index in [0.717, 1.165) is 9.36 Å². The summed E-state index contributed by atoms with van der Waals surface area (Å²) in [6.07, 6.45) is -6.50. The number of rotatable bonds is 9. The molecule has 1 aliphatic carbocycles. The zero-order valence-electron chi connectivity index (χ0n) is 24.6. The van der Waals surface area contributed by atoms with Gasteiger partial charge in [-0.3, -0.25) is 23.9 Å². The average molecular weight is 693 g/mol. The van der Waals surface area contributed by atoms with Crippen LogP contribution in [0.25, 0.3) is 17.1 Å². The number of piperazine rings is 1. The van der Waals surface area contributed by atoms with Gasteiger partial charge in [0.25, 0.3) is 11.8 Å². The van der Waals surface area contributed by atoms with Gasteiger partial charge in [0.1, 0.15) is 19.3 Å². The Morgan fingerprint density at radius 2 is 1.88 bits per heavy atom. The lowest BCUT2D eigenvalue weighted by atomic mass is 10.2. The molecule has 6 rings (SSSR count). The van der Waals surface area contributed by atoms with Crippen molar-refractivity contribution in [2.75, 3.05) is 19.6 Å². The minimum atomic E-state index is -5.04. The van der Waals surface area contributed by atoms with E-state index in [1.807, 2.05) is 0 Å². The lowest BCUT2D eigenvalue weighted by Gasteiger charge is -2.26. The Hall–Kier alpha value is -5.17. The van der Waals surface area contributed by atoms with Crippen LogP contribution in [-0.2, 0) is 17.9 Å². The quantitative estimate of drug-likeness (QED) is 0.213. The number of halogens is 5. The molecule has 3 atom stereocenters. The predicted octanol–water partition coefficient (Wildman–Crippen LogP) is 0.725. The Morgan fingerprint density at radius 3 is 2.54 bits per heavy atom. The van der Waals surface area contributed by atoms with Gasteiger partial charge in [0.15, 0.2) is 17.8 Å². The number of amides is 3. The Balaban J connectivity index is 1.42. The number of carbonyl (C=O) groups is 3. The second-order valence-electron chi connectivity index (χ2n) is 11.0. The molecule has 0 radical (unpaired) electrons. The fourth-order valence-electron chi connectivity index (χ4n) is 4.92. The van der Waals surface area contributed by atoms with Gasteiger partial charge in [-0.2, -0.15) is 13.2 Å². The third-order valence-electron chi connectivity index (χ3n) is 7.52. The smallest absolute Gasteiger partial charge is 0.382 e. The van der Waals surface area contributed by atoms with Crippen molar-refractivity contribution in [3.05, 3.63) is 75.4 Å². The first kappa shape index (κ1) is 32.8. The van der Waals surface area contributed by atoms with Crippen molar-refractivity contribution in [3.63, 3.8) is 0 Å². The molecule has 2 fully saturated rings. The molecule has 1 aliphatic heterocycles. The average Bonchev–Trinajstić information content (AvgIpc) is 3.44. The van der Waals surface area contributed by atoms with Gasteiger partial charge in [-0.1, -0.05) is 11.6 Å². The Labute approximate surface area is 272 Å². The van der Waals surface area contributed by atoms with Crippen LogP contribution in [0.3, 0.4) is 0 Å². The van der Waals surface area contributed by atoms with E-state index in [4.69, 9.17) is 11.6 Å². The summed E-state index contributed by atoms with van der Waals surface area (Å²) in [7, 11) is 0. The normalized spacial score (nSPS) is 18.4. The summed E-state index contributed by atoms with van der Waals surface area (Å²) in [5.74, 6) is -2.72. The van der Waals surface area contributed by atoms with Gasteiger partial charge in [-0.25, -0.2) is 23.5 Å². The molecule has 3 aromatic heterocycles. The van der Waals surface area contributed by atoms with E-state index >= 15 is 0 Å². The molecule has 48 heavy (non-hydrogen) atoms. The van der Waals surface area contributed by atoms with Crippen LogP contribution in [0.2, 0.25) is 5.02 Å². The molecule has 20 heteroatoms. The molecule has 3 N–H and O–H groups in total. The third-order valence-corrected chi connectivity index (χ3v) is 7.77. The van der Waals surface area contributed by atoms with Crippen LogP contribution in [0.4, 0.5) is 17.6 Å². The van der Waals surface area contributed by atoms with Crippen LogP contribution in [0.15, 0.2) is 47.5 Å². The predicted molar refractivity (Wildman–Crippen MR) is 157 cm³/mol. The van der Waals surface area contributed by atoms with Crippen LogP contribution >= 0.6 is 11.6 Å². The molecule has 4 heterocycles. The summed E-state index contributed by atoms with van der Waals surface area (Å²) in [6.45, 7) is -1.80. The molecular weight excluding hydrogens is 668 g/mol. The highest BCUT2D eigenvalue weighted by Crippen LogP contribution is 2.27. The van der Waals surface area contributed by atoms with Crippen LogP contribution in [-0.4, -0.2) is 106 Å². The van der Waals surface area contributed by atoms with Crippen molar-refractivity contribution in [2.24, 2.45) is 0 Å². The number of aliphatic hydroxyl groups excluding tert-OH is 1. The second-order valence-corrected chi connectivity index (χ2v) is 11.4. The molecule has 252 valence electrons. The first-order valence-electron chi connectivity index (χ1n) is 14.4. The SMILES string of the molecule is O=C1CN(C(=O)c2nc(Cn3nc(-c4ccc(Cl)cc4)n(C[C@H](O)C(F)(F)F)c3=O)nn2-c2cnccc2C(=O)NC2CC2F)CCN1. The van der Waals surface area contributed by atoms with Crippen molar-refractivity contribution in [3.8, 4) is 17.1 Å². The summed E-state index contributed by atoms with van der Waals surface area (Å²) in [6, 6.07) is 6.35. The van der Waals surface area contributed by atoms with E-state index in [0.29, 0.717) is 9.59 Å². The fourth-order valence-corrected chi connectivity index (χ4v) is 5.05. The number of nitrogens with zero attached hydrogens (tertiary/aromatic N) is 8. The molecular formula is C28H25ClF4N10O5. The number of aliphatic hydroxyl groups is 1. The van der Waals surface area contributed by atoms with Gasteiger partial charge in [0, 0.05) is 36.3 Å². The summed E-state index contributed by atoms with van der Waals surface area (Å²) < 4.78 is 55.8. The standard InChI is InChI=1S/C28H25ClF4N10O5/c29-15-3-1-14(2-4-15)23-39-42(27(48)41(23)11-20(44)28(31,32)33)12-21-37-24(26(47)40-8-7-35-22(45)13-40)43(38-21)19-10-34-6-5-16(19)25(46)36-18-9-17(18)30/h1-6,10,17-18,20,44H,7-9,11-13H2,(H,35,45)(H,36,46)/t17?,18?,20-/m0/s1. The lowest BCUT2D eigenvalue weighted by Crippen LogP contribution is -2.50. The number of nitrogens with one attached hydrogen (secondary N) is 2. The first-order chi connectivity index (χ1) is 22.8. The van der Waals surface area contributed by atoms with Crippen molar-refractivity contribution in [2.45, 2.75) is 44.0 Å². The van der Waals surface area contributed by atoms with E-state index in [1.54, 1.807) is 0 Å². The van der Waals surface area contributed by atoms with E-state index in [9.17, 15) is 41.8 Å². The summed E-state index contributed by atoms with van der Waals surface area (Å²) in [4.78, 5) is 61.7. The molecule has 1 aromatic carbocycles. The van der Waals surface area contributed by atoms with Gasteiger partial charge >= 0.3 is 11.9 Å². The maximum atomic E-state index is 13.7. The largest absolute Gasteiger partial charge is 0.416 e. The molecule has 0 spiro atoms. The van der Waals surface area contributed by atoms with Gasteiger partial charge in [-0.15, -0.1) is 10.2 Å². The molecule has 2 aliphatic rings. The minimum Gasteiger partial charge on any atom is -0.382 e. The van der Waals surface area contributed by atoms with Crippen LogP contribution in [0, 0.1) is 0 Å². The van der Waals surface area contributed by atoms with Crippen molar-refractivity contribution < 1.29 is 37.1 Å². The van der Waals surface area contributed by atoms with Gasteiger partial charge in [-0.05, 0) is 30.3 Å². The number of pyridine rings is 1. The molecule has 0 bridgehead atoms. The second kappa shape index (κ2) is 12.8. The number of alkyl halides is 4. The van der Waals surface area contributed by atoms with Crippen molar-refractivity contribution in [1.82, 2.24) is 49.6 Å². The highest BCUT2D eigenvalue weighted by molar-refractivity contribution is 6.30. The number of hydrogen-bond donors (Lipinski definition) is 3. The van der Waals surface area contributed by atoms with Crippen LogP contribution < -0.4 is 16.3 Å². The summed E-state index contributed by atoms with van der Waals surface area (Å²) in [5.41, 5.74) is -0.937. The van der Waals surface area contributed by atoms with E-state index in [-0.39, 0.29) is 60.3 Å². The first-order valence-corrected chi connectivity index (χ1v) is 14.8. The Bertz CT molecular complexity index is 1940. The highest BCUT2D eigenvalue weighted by atomic mass is 35.5. The fraction of sp³-hybridized carbons (Fsp3) is 0.357. The molecule has 1 saturated carbocycles. The highest BCUT2D eigenvalue weighted by Gasteiger charge is 2.40. The zero-order chi connectivity index (χ0) is 34.3. The van der Waals surface area contributed by atoms with E-state index < -0.39 is 61.0 Å². The summed E-state index contributed by atoms with van der Waals surface area (Å²) >= 11 is 5.95. The minimum absolute atomic E-state index is 0.0392. The zero-order valence-corrected chi connectivity index (χ0v) is 25.3. The van der Waals surface area contributed by atoms with Gasteiger partial charge in [0.2, 0.25) is 11.7 Å². The van der Waals surface area contributed by atoms with Crippen molar-refractivity contribution in [1.29, 1.82) is 0 Å². The van der Waals surface area contributed by atoms with Crippen LogP contribution in [0.1, 0.15) is 33.2 Å². The molecule has 1 saturated heterocycles. The maximum absolute atomic E-state index is 13.7. The molecule has 4 aromatic rings. The molecule has 2 unspecified atom stereocenters. The summed E-state index contributed by atoms with van der Waals surface area (Å²) in [5, 5.41) is 23.8. The van der Waals surface area contributed by atoms with Crippen molar-refractivity contribution >= 4 is 29.3 Å². The number of hydrogen-bond acceptors (Lipinski definition) is 9. The Kier molecular flexibility index (Phi) is 8.73. The number of carbonyl (C=O) groups excluding carboxylic acids is 3. The van der Waals surface area contributed by atoms with E-state index in [1.165, 1.54) is 47.6 Å². The van der Waals surface area contributed by atoms with E-state index in [2.05, 4.69) is 30.8 Å². The Morgan fingerprint density at radius 1 is 1.15 bits per heavy atom.